The van der Waals surface area contributed by atoms with Gasteiger partial charge in [-0.15, -0.1) is 0 Å². The molecule has 0 aliphatic heterocycles. The predicted molar refractivity (Wildman–Crippen MR) is 72.7 cm³/mol. The van der Waals surface area contributed by atoms with Crippen LogP contribution in [0.1, 0.15) is 62.3 Å². The van der Waals surface area contributed by atoms with Crippen LogP contribution in [0.3, 0.4) is 0 Å². The van der Waals surface area contributed by atoms with Crippen LogP contribution in [-0.4, -0.2) is 22.5 Å². The molecule has 1 aromatic heterocycles. The normalized spacial score (nSPS) is 17.3. The summed E-state index contributed by atoms with van der Waals surface area (Å²) in [6.45, 7) is 4.77. The van der Waals surface area contributed by atoms with Gasteiger partial charge in [-0.3, -0.25) is 0 Å². The second-order valence-electron chi connectivity index (χ2n) is 5.83. The number of nitrogens with zero attached hydrogens (tertiary/aromatic N) is 1. The molecular weight excluding hydrogens is 242 g/mol. The zero-order chi connectivity index (χ0) is 13.9. The van der Waals surface area contributed by atoms with Crippen LogP contribution < -0.4 is 5.73 Å². The highest BCUT2D eigenvalue weighted by molar-refractivity contribution is 5.87. The fourth-order valence-electron chi connectivity index (χ4n) is 2.21. The number of carbonyl (C=O) groups is 1. The van der Waals surface area contributed by atoms with Gasteiger partial charge in [-0.05, 0) is 38.0 Å². The van der Waals surface area contributed by atoms with E-state index in [9.17, 15) is 4.79 Å². The van der Waals surface area contributed by atoms with E-state index in [1.807, 2.05) is 0 Å². The summed E-state index contributed by atoms with van der Waals surface area (Å²) in [5, 5.41) is 0. The maximum Gasteiger partial charge on any atom is 0.356 e. The Morgan fingerprint density at radius 1 is 1.58 bits per heavy atom. The Balaban J connectivity index is 1.83. The fourth-order valence-corrected chi connectivity index (χ4v) is 2.21. The molecule has 1 aromatic rings. The number of carbonyl (C=O) groups excluding carboxylic acids is 1. The van der Waals surface area contributed by atoms with E-state index >= 15 is 0 Å². The van der Waals surface area contributed by atoms with Crippen molar-refractivity contribution in [3.05, 3.63) is 17.7 Å². The number of H-pyrrole nitrogens is 1. The van der Waals surface area contributed by atoms with Crippen molar-refractivity contribution in [1.82, 2.24) is 9.97 Å². The van der Waals surface area contributed by atoms with E-state index in [-0.39, 0.29) is 11.5 Å². The molecule has 3 N–H and O–H groups in total. The monoisotopic (exact) mass is 265 g/mol. The van der Waals surface area contributed by atoms with E-state index in [1.165, 1.54) is 6.20 Å². The molecule has 1 heterocycles. The van der Waals surface area contributed by atoms with Crippen LogP contribution in [-0.2, 0) is 10.3 Å². The van der Waals surface area contributed by atoms with Crippen molar-refractivity contribution in [2.75, 3.05) is 6.61 Å². The molecule has 0 aromatic carbocycles. The summed E-state index contributed by atoms with van der Waals surface area (Å²) in [6.07, 6.45) is 6.44. The molecule has 1 fully saturated rings. The predicted octanol–water partition coefficient (Wildman–Crippen LogP) is 2.34. The second-order valence-corrected chi connectivity index (χ2v) is 5.83. The molecule has 2 rings (SSSR count). The molecule has 0 radical (unpaired) electrons. The summed E-state index contributed by atoms with van der Waals surface area (Å²) >= 11 is 0. The molecule has 0 bridgehead atoms. The van der Waals surface area contributed by atoms with Gasteiger partial charge in [0.1, 0.15) is 11.5 Å². The molecule has 0 spiro atoms. The van der Waals surface area contributed by atoms with Gasteiger partial charge in [-0.25, -0.2) is 9.78 Å². The topological polar surface area (TPSA) is 81.0 Å². The van der Waals surface area contributed by atoms with E-state index in [0.717, 1.165) is 32.1 Å². The highest BCUT2D eigenvalue weighted by Gasteiger charge is 2.37. The molecule has 19 heavy (non-hydrogen) atoms. The Hall–Kier alpha value is -1.36. The SMILES string of the molecule is CC(C)CCCOC(=O)c1cnc(C2(N)CCC2)[nH]1. The largest absolute Gasteiger partial charge is 0.461 e. The Bertz CT molecular complexity index is 436. The lowest BCUT2D eigenvalue weighted by atomic mass is 9.77. The van der Waals surface area contributed by atoms with E-state index in [4.69, 9.17) is 10.5 Å². The van der Waals surface area contributed by atoms with Crippen molar-refractivity contribution in [2.45, 2.75) is 51.5 Å². The fraction of sp³-hybridized carbons (Fsp3) is 0.714. The number of hydrogen-bond acceptors (Lipinski definition) is 4. The van der Waals surface area contributed by atoms with Crippen molar-refractivity contribution >= 4 is 5.97 Å². The molecule has 0 atom stereocenters. The number of nitrogens with two attached hydrogens (primary N) is 1. The number of aromatic nitrogens is 2. The van der Waals surface area contributed by atoms with Gasteiger partial charge in [0.05, 0.1) is 18.3 Å². The molecule has 1 saturated carbocycles. The van der Waals surface area contributed by atoms with Gasteiger partial charge < -0.3 is 15.5 Å². The molecular formula is C14H23N3O2. The minimum Gasteiger partial charge on any atom is -0.461 e. The van der Waals surface area contributed by atoms with Crippen LogP contribution in [0.4, 0.5) is 0 Å². The van der Waals surface area contributed by atoms with Gasteiger partial charge in [0, 0.05) is 0 Å². The van der Waals surface area contributed by atoms with Crippen LogP contribution in [0.25, 0.3) is 0 Å². The number of hydrogen-bond donors (Lipinski definition) is 2. The van der Waals surface area contributed by atoms with Crippen LogP contribution in [0, 0.1) is 5.92 Å². The minimum absolute atomic E-state index is 0.342. The van der Waals surface area contributed by atoms with E-state index in [2.05, 4.69) is 23.8 Å². The van der Waals surface area contributed by atoms with Gasteiger partial charge in [0.15, 0.2) is 0 Å². The van der Waals surface area contributed by atoms with E-state index in [1.54, 1.807) is 0 Å². The third-order valence-electron chi connectivity index (χ3n) is 3.67. The average molecular weight is 265 g/mol. The van der Waals surface area contributed by atoms with Crippen molar-refractivity contribution in [3.63, 3.8) is 0 Å². The van der Waals surface area contributed by atoms with Crippen LogP contribution in [0.5, 0.6) is 0 Å². The van der Waals surface area contributed by atoms with Gasteiger partial charge in [-0.2, -0.15) is 0 Å². The Labute approximate surface area is 113 Å². The summed E-state index contributed by atoms with van der Waals surface area (Å²) in [5.41, 5.74) is 6.18. The highest BCUT2D eigenvalue weighted by atomic mass is 16.5. The standard InChI is InChI=1S/C14H23N3O2/c1-10(2)5-3-8-19-12(18)11-9-16-13(17-11)14(15)6-4-7-14/h9-10H,3-8,15H2,1-2H3,(H,16,17). The third kappa shape index (κ3) is 3.35. The Kier molecular flexibility index (Phi) is 4.24. The molecule has 106 valence electrons. The van der Waals surface area contributed by atoms with Gasteiger partial charge in [-0.1, -0.05) is 13.8 Å². The third-order valence-corrected chi connectivity index (χ3v) is 3.67. The van der Waals surface area contributed by atoms with Crippen LogP contribution in [0.15, 0.2) is 6.20 Å². The van der Waals surface area contributed by atoms with Gasteiger partial charge >= 0.3 is 5.97 Å². The minimum atomic E-state index is -0.365. The number of ether oxygens (including phenoxy) is 1. The maximum atomic E-state index is 11.8. The van der Waals surface area contributed by atoms with Gasteiger partial charge in [0.25, 0.3) is 0 Å². The molecule has 5 nitrogen and oxygen atoms in total. The summed E-state index contributed by atoms with van der Waals surface area (Å²) in [7, 11) is 0. The smallest absolute Gasteiger partial charge is 0.356 e. The Morgan fingerprint density at radius 3 is 2.89 bits per heavy atom. The lowest BCUT2D eigenvalue weighted by molar-refractivity contribution is 0.0488. The highest BCUT2D eigenvalue weighted by Crippen LogP contribution is 2.36. The summed E-state index contributed by atoms with van der Waals surface area (Å²) in [4.78, 5) is 19.0. The second kappa shape index (κ2) is 5.74. The lowest BCUT2D eigenvalue weighted by Gasteiger charge is -2.35. The van der Waals surface area contributed by atoms with Crippen molar-refractivity contribution in [3.8, 4) is 0 Å². The summed E-state index contributed by atoms with van der Waals surface area (Å²) in [5.74, 6) is 0.992. The zero-order valence-corrected chi connectivity index (χ0v) is 11.7. The first-order valence-corrected chi connectivity index (χ1v) is 7.03. The van der Waals surface area contributed by atoms with Crippen molar-refractivity contribution in [2.24, 2.45) is 11.7 Å². The number of rotatable bonds is 6. The van der Waals surface area contributed by atoms with E-state index in [0.29, 0.717) is 24.0 Å². The first-order chi connectivity index (χ1) is 9.01. The maximum absolute atomic E-state index is 11.8. The van der Waals surface area contributed by atoms with Crippen LogP contribution >= 0.6 is 0 Å². The molecule has 5 heteroatoms. The van der Waals surface area contributed by atoms with E-state index < -0.39 is 0 Å². The van der Waals surface area contributed by atoms with Crippen molar-refractivity contribution in [1.29, 1.82) is 0 Å². The molecule has 0 amide bonds. The van der Waals surface area contributed by atoms with Crippen molar-refractivity contribution < 1.29 is 9.53 Å². The molecule has 1 aliphatic rings. The van der Waals surface area contributed by atoms with Gasteiger partial charge in [0.2, 0.25) is 0 Å². The average Bonchev–Trinajstić information content (AvgIpc) is 2.81. The summed E-state index contributed by atoms with van der Waals surface area (Å²) < 4.78 is 5.21. The first kappa shape index (κ1) is 14.1. The summed E-state index contributed by atoms with van der Waals surface area (Å²) in [6, 6.07) is 0. The molecule has 1 aliphatic carbocycles. The molecule has 0 saturated heterocycles. The number of aromatic amines is 1. The zero-order valence-electron chi connectivity index (χ0n) is 11.7. The quantitative estimate of drug-likeness (QED) is 0.611. The first-order valence-electron chi connectivity index (χ1n) is 7.03. The number of esters is 1. The van der Waals surface area contributed by atoms with Crippen LogP contribution in [0.2, 0.25) is 0 Å². The lowest BCUT2D eigenvalue weighted by Crippen LogP contribution is -2.44. The number of nitrogens with one attached hydrogen (secondary N) is 1. The Morgan fingerprint density at radius 2 is 2.32 bits per heavy atom. The number of imidazole rings is 1. The molecule has 0 unspecified atom stereocenters.